The molecule has 0 fully saturated rings. The monoisotopic (exact) mass is 287 g/mol. The van der Waals surface area contributed by atoms with Gasteiger partial charge < -0.3 is 10.1 Å². The van der Waals surface area contributed by atoms with Crippen LogP contribution in [0.5, 0.6) is 5.75 Å². The second kappa shape index (κ2) is 7.84. The van der Waals surface area contributed by atoms with Crippen LogP contribution in [0.4, 0.5) is 0 Å². The molecule has 2 aromatic rings. The molecule has 0 aliphatic carbocycles. The predicted molar refractivity (Wildman–Crippen MR) is 85.6 cm³/mol. The Hall–Kier alpha value is -1.81. The highest BCUT2D eigenvalue weighted by Gasteiger charge is 2.12. The molecule has 4 nitrogen and oxygen atoms in total. The third-order valence-corrected chi connectivity index (χ3v) is 3.79. The van der Waals surface area contributed by atoms with E-state index in [4.69, 9.17) is 4.74 Å². The van der Waals surface area contributed by atoms with Gasteiger partial charge in [0.05, 0.1) is 13.3 Å². The highest BCUT2D eigenvalue weighted by molar-refractivity contribution is 5.33. The van der Waals surface area contributed by atoms with Crippen molar-refractivity contribution in [2.75, 3.05) is 20.7 Å². The first-order chi connectivity index (χ1) is 10.2. The summed E-state index contributed by atoms with van der Waals surface area (Å²) < 4.78 is 7.32. The van der Waals surface area contributed by atoms with Crippen molar-refractivity contribution in [2.45, 2.75) is 19.3 Å². The topological polar surface area (TPSA) is 39.1 Å². The van der Waals surface area contributed by atoms with Gasteiger partial charge in [-0.1, -0.05) is 18.2 Å². The number of para-hydroxylation sites is 1. The maximum atomic E-state index is 5.46. The number of nitrogens with zero attached hydrogens (tertiary/aromatic N) is 2. The van der Waals surface area contributed by atoms with Crippen LogP contribution in [0.2, 0.25) is 0 Å². The maximum Gasteiger partial charge on any atom is 0.122 e. The number of hydrogen-bond donors (Lipinski definition) is 1. The molecule has 0 saturated carbocycles. The van der Waals surface area contributed by atoms with Crippen LogP contribution in [0.15, 0.2) is 36.7 Å². The van der Waals surface area contributed by atoms with Gasteiger partial charge in [0.15, 0.2) is 0 Å². The van der Waals surface area contributed by atoms with E-state index in [0.29, 0.717) is 5.92 Å². The van der Waals surface area contributed by atoms with E-state index < -0.39 is 0 Å². The van der Waals surface area contributed by atoms with Crippen molar-refractivity contribution < 1.29 is 4.74 Å². The Balaban J connectivity index is 1.98. The van der Waals surface area contributed by atoms with Crippen LogP contribution in [0.1, 0.15) is 17.5 Å². The Morgan fingerprint density at radius 1 is 1.33 bits per heavy atom. The first-order valence-electron chi connectivity index (χ1n) is 7.47. The van der Waals surface area contributed by atoms with E-state index >= 15 is 0 Å². The van der Waals surface area contributed by atoms with Crippen LogP contribution in [-0.4, -0.2) is 30.5 Å². The Labute approximate surface area is 127 Å². The molecule has 1 atom stereocenters. The Kier molecular flexibility index (Phi) is 5.81. The van der Waals surface area contributed by atoms with Crippen molar-refractivity contribution in [3.63, 3.8) is 0 Å². The number of methoxy groups -OCH3 is 1. The summed E-state index contributed by atoms with van der Waals surface area (Å²) >= 11 is 0. The molecule has 114 valence electrons. The van der Waals surface area contributed by atoms with Gasteiger partial charge in [-0.25, -0.2) is 0 Å². The Morgan fingerprint density at radius 2 is 2.14 bits per heavy atom. The normalized spacial score (nSPS) is 12.3. The number of ether oxygens (including phenoxy) is 1. The summed E-state index contributed by atoms with van der Waals surface area (Å²) in [6.07, 6.45) is 7.30. The minimum absolute atomic E-state index is 0.589. The molecule has 21 heavy (non-hydrogen) atoms. The molecule has 0 aliphatic rings. The standard InChI is InChI=1S/C17H25N3O/c1-18-11-14(8-9-15-12-19-20(2)13-15)10-16-6-4-5-7-17(16)21-3/h4-7,12-14,18H,8-11H2,1-3H3. The van der Waals surface area contributed by atoms with Gasteiger partial charge in [0, 0.05) is 13.2 Å². The minimum atomic E-state index is 0.589. The van der Waals surface area contributed by atoms with Gasteiger partial charge in [-0.2, -0.15) is 5.10 Å². The predicted octanol–water partition coefficient (Wildman–Crippen LogP) is 2.44. The summed E-state index contributed by atoms with van der Waals surface area (Å²) in [5.74, 6) is 1.58. The van der Waals surface area contributed by atoms with Crippen LogP contribution < -0.4 is 10.1 Å². The van der Waals surface area contributed by atoms with E-state index in [0.717, 1.165) is 31.6 Å². The fourth-order valence-electron chi connectivity index (χ4n) is 2.72. The zero-order chi connectivity index (χ0) is 15.1. The molecule has 1 heterocycles. The molecule has 2 rings (SSSR count). The summed E-state index contributed by atoms with van der Waals surface area (Å²) in [5.41, 5.74) is 2.59. The number of aromatic nitrogens is 2. The minimum Gasteiger partial charge on any atom is -0.496 e. The van der Waals surface area contributed by atoms with Crippen molar-refractivity contribution in [1.29, 1.82) is 0 Å². The lowest BCUT2D eigenvalue weighted by atomic mass is 9.93. The van der Waals surface area contributed by atoms with Gasteiger partial charge in [-0.3, -0.25) is 4.68 Å². The molecule has 0 bridgehead atoms. The number of hydrogen-bond acceptors (Lipinski definition) is 3. The number of rotatable bonds is 8. The van der Waals surface area contributed by atoms with E-state index in [1.165, 1.54) is 11.1 Å². The maximum absolute atomic E-state index is 5.46. The summed E-state index contributed by atoms with van der Waals surface area (Å²) in [5, 5.41) is 7.54. The summed E-state index contributed by atoms with van der Waals surface area (Å²) in [6, 6.07) is 8.29. The lowest BCUT2D eigenvalue weighted by Gasteiger charge is -2.18. The highest BCUT2D eigenvalue weighted by atomic mass is 16.5. The Morgan fingerprint density at radius 3 is 2.81 bits per heavy atom. The Bertz CT molecular complexity index is 550. The molecule has 4 heteroatoms. The summed E-state index contributed by atoms with van der Waals surface area (Å²) in [6.45, 7) is 1.01. The van der Waals surface area contributed by atoms with Gasteiger partial charge in [0.25, 0.3) is 0 Å². The molecule has 1 aromatic heterocycles. The molecule has 0 aliphatic heterocycles. The zero-order valence-electron chi connectivity index (χ0n) is 13.2. The van der Waals surface area contributed by atoms with Gasteiger partial charge in [-0.15, -0.1) is 0 Å². The molecule has 0 radical (unpaired) electrons. The third kappa shape index (κ3) is 4.60. The highest BCUT2D eigenvalue weighted by Crippen LogP contribution is 2.23. The first-order valence-corrected chi connectivity index (χ1v) is 7.47. The average molecular weight is 287 g/mol. The largest absolute Gasteiger partial charge is 0.496 e. The van der Waals surface area contributed by atoms with Crippen LogP contribution in [0.25, 0.3) is 0 Å². The second-order valence-corrected chi connectivity index (χ2v) is 5.50. The third-order valence-electron chi connectivity index (χ3n) is 3.79. The van der Waals surface area contributed by atoms with Crippen LogP contribution in [0.3, 0.4) is 0 Å². The summed E-state index contributed by atoms with van der Waals surface area (Å²) in [7, 11) is 5.71. The van der Waals surface area contributed by atoms with E-state index in [1.54, 1.807) is 7.11 Å². The van der Waals surface area contributed by atoms with Crippen LogP contribution in [-0.2, 0) is 19.9 Å². The fraction of sp³-hybridized carbons (Fsp3) is 0.471. The molecule has 0 saturated heterocycles. The molecular formula is C17H25N3O. The average Bonchev–Trinajstić information content (AvgIpc) is 2.91. The molecule has 0 amide bonds. The summed E-state index contributed by atoms with van der Waals surface area (Å²) in [4.78, 5) is 0. The van der Waals surface area contributed by atoms with E-state index in [2.05, 4.69) is 28.7 Å². The van der Waals surface area contributed by atoms with Gasteiger partial charge >= 0.3 is 0 Å². The molecular weight excluding hydrogens is 262 g/mol. The molecule has 1 unspecified atom stereocenters. The van der Waals surface area contributed by atoms with Crippen molar-refractivity contribution in [3.8, 4) is 5.75 Å². The van der Waals surface area contributed by atoms with Crippen molar-refractivity contribution >= 4 is 0 Å². The van der Waals surface area contributed by atoms with Crippen LogP contribution >= 0.6 is 0 Å². The quantitative estimate of drug-likeness (QED) is 0.810. The zero-order valence-corrected chi connectivity index (χ0v) is 13.2. The van der Waals surface area contributed by atoms with Gasteiger partial charge in [0.2, 0.25) is 0 Å². The van der Waals surface area contributed by atoms with E-state index in [9.17, 15) is 0 Å². The van der Waals surface area contributed by atoms with Gasteiger partial charge in [-0.05, 0) is 56.0 Å². The van der Waals surface area contributed by atoms with Crippen LogP contribution in [0, 0.1) is 5.92 Å². The first kappa shape index (κ1) is 15.6. The fourth-order valence-corrected chi connectivity index (χ4v) is 2.72. The second-order valence-electron chi connectivity index (χ2n) is 5.50. The SMILES string of the molecule is CNCC(CCc1cnn(C)c1)Cc1ccccc1OC. The van der Waals surface area contributed by atoms with Crippen molar-refractivity contribution in [3.05, 3.63) is 47.8 Å². The lowest BCUT2D eigenvalue weighted by Crippen LogP contribution is -2.21. The lowest BCUT2D eigenvalue weighted by molar-refractivity contribution is 0.398. The number of benzene rings is 1. The number of nitrogens with one attached hydrogen (secondary N) is 1. The van der Waals surface area contributed by atoms with Gasteiger partial charge in [0.1, 0.15) is 5.75 Å². The smallest absolute Gasteiger partial charge is 0.122 e. The van der Waals surface area contributed by atoms with E-state index in [-0.39, 0.29) is 0 Å². The number of aryl methyl sites for hydroxylation is 2. The van der Waals surface area contributed by atoms with Crippen molar-refractivity contribution in [1.82, 2.24) is 15.1 Å². The van der Waals surface area contributed by atoms with Crippen molar-refractivity contribution in [2.24, 2.45) is 13.0 Å². The molecule has 1 N–H and O–H groups in total. The molecule has 0 spiro atoms. The van der Waals surface area contributed by atoms with E-state index in [1.807, 2.05) is 37.1 Å². The molecule has 1 aromatic carbocycles.